The molecule has 1 heterocycles. The molecule has 1 N–H and O–H groups in total. The van der Waals surface area contributed by atoms with Crippen molar-refractivity contribution in [2.45, 2.75) is 12.5 Å². The van der Waals surface area contributed by atoms with Crippen molar-refractivity contribution < 1.29 is 31.6 Å². The van der Waals surface area contributed by atoms with Crippen LogP contribution in [0.4, 0.5) is 0 Å². The number of hydrogen-bond donors (Lipinski definition) is 1. The average molecular weight is 348 g/mol. The summed E-state index contributed by atoms with van der Waals surface area (Å²) in [5.74, 6) is 1.61. The number of ketones is 1. The Morgan fingerprint density at radius 2 is 1.96 bits per heavy atom. The van der Waals surface area contributed by atoms with E-state index in [-0.39, 0.29) is 24.3 Å². The third-order valence-electron chi connectivity index (χ3n) is 3.93. The van der Waals surface area contributed by atoms with E-state index >= 15 is 0 Å². The molecule has 1 unspecified atom stereocenters. The molecular formula is C19H22ClNO3. The number of Topliss-reactive ketones (excluding diaryl/α,β-unsaturated/α-hetero) is 1. The second kappa shape index (κ2) is 8.18. The zero-order chi connectivity index (χ0) is 16.2. The molecule has 0 bridgehead atoms. The number of quaternary nitrogens is 1. The first-order valence-electron chi connectivity index (χ1n) is 7.94. The van der Waals surface area contributed by atoms with Gasteiger partial charge >= 0.3 is 0 Å². The van der Waals surface area contributed by atoms with Crippen molar-refractivity contribution >= 4 is 5.78 Å². The molecule has 0 spiro atoms. The molecule has 3 rings (SSSR count). The highest BCUT2D eigenvalue weighted by Crippen LogP contribution is 2.35. The lowest BCUT2D eigenvalue weighted by molar-refractivity contribution is -0.858. The van der Waals surface area contributed by atoms with Crippen LogP contribution in [-0.2, 0) is 0 Å². The quantitative estimate of drug-likeness (QED) is 0.748. The third kappa shape index (κ3) is 4.28. The first-order valence-corrected chi connectivity index (χ1v) is 7.94. The topological polar surface area (TPSA) is 40.0 Å². The minimum absolute atomic E-state index is 0. The van der Waals surface area contributed by atoms with Gasteiger partial charge in [-0.15, -0.1) is 0 Å². The van der Waals surface area contributed by atoms with E-state index in [0.717, 1.165) is 17.9 Å². The van der Waals surface area contributed by atoms with Crippen molar-refractivity contribution in [3.8, 4) is 11.5 Å². The SMILES string of the molecule is C[NH+](C)CCOc1cccc(C2CC(=O)c3ccccc3O2)c1.[Cl-]. The van der Waals surface area contributed by atoms with Gasteiger partial charge in [0.1, 0.15) is 30.8 Å². The average Bonchev–Trinajstić information content (AvgIpc) is 2.55. The summed E-state index contributed by atoms with van der Waals surface area (Å²) in [5.41, 5.74) is 1.65. The second-order valence-electron chi connectivity index (χ2n) is 6.11. The summed E-state index contributed by atoms with van der Waals surface area (Å²) in [7, 11) is 4.19. The normalized spacial score (nSPS) is 16.1. The predicted molar refractivity (Wildman–Crippen MR) is 88.4 cm³/mol. The van der Waals surface area contributed by atoms with E-state index in [2.05, 4.69) is 14.1 Å². The van der Waals surface area contributed by atoms with Crippen molar-refractivity contribution in [1.29, 1.82) is 0 Å². The van der Waals surface area contributed by atoms with Crippen LogP contribution >= 0.6 is 0 Å². The lowest BCUT2D eigenvalue weighted by Crippen LogP contribution is -3.06. The van der Waals surface area contributed by atoms with Crippen LogP contribution in [0.5, 0.6) is 11.5 Å². The van der Waals surface area contributed by atoms with Crippen LogP contribution in [0.25, 0.3) is 0 Å². The van der Waals surface area contributed by atoms with Gasteiger partial charge in [0.2, 0.25) is 0 Å². The van der Waals surface area contributed by atoms with Crippen molar-refractivity contribution in [2.75, 3.05) is 27.2 Å². The number of para-hydroxylation sites is 1. The number of likely N-dealkylation sites (N-methyl/N-ethyl adjacent to an activating group) is 1. The maximum absolute atomic E-state index is 12.3. The molecule has 1 aliphatic heterocycles. The third-order valence-corrected chi connectivity index (χ3v) is 3.93. The molecule has 0 aromatic heterocycles. The summed E-state index contributed by atoms with van der Waals surface area (Å²) in [6, 6.07) is 15.2. The van der Waals surface area contributed by atoms with Crippen molar-refractivity contribution in [3.05, 3.63) is 59.7 Å². The monoisotopic (exact) mass is 347 g/mol. The Hall–Kier alpha value is -2.04. The molecule has 24 heavy (non-hydrogen) atoms. The number of benzene rings is 2. The van der Waals surface area contributed by atoms with Crippen molar-refractivity contribution in [1.82, 2.24) is 0 Å². The summed E-state index contributed by atoms with van der Waals surface area (Å²) in [4.78, 5) is 13.6. The van der Waals surface area contributed by atoms with E-state index < -0.39 is 0 Å². The lowest BCUT2D eigenvalue weighted by Gasteiger charge is -2.25. The molecule has 0 fully saturated rings. The molecule has 2 aromatic rings. The summed E-state index contributed by atoms with van der Waals surface area (Å²) < 4.78 is 11.8. The lowest BCUT2D eigenvalue weighted by atomic mass is 9.96. The summed E-state index contributed by atoms with van der Waals surface area (Å²) >= 11 is 0. The molecule has 0 aliphatic carbocycles. The molecule has 1 aliphatic rings. The van der Waals surface area contributed by atoms with E-state index in [9.17, 15) is 4.79 Å². The zero-order valence-corrected chi connectivity index (χ0v) is 14.7. The van der Waals surface area contributed by atoms with E-state index in [0.29, 0.717) is 24.3 Å². The highest BCUT2D eigenvalue weighted by molar-refractivity contribution is 5.99. The van der Waals surface area contributed by atoms with Crippen LogP contribution in [-0.4, -0.2) is 33.0 Å². The van der Waals surface area contributed by atoms with E-state index in [1.54, 1.807) is 0 Å². The van der Waals surface area contributed by atoms with E-state index in [1.807, 2.05) is 48.5 Å². The minimum atomic E-state index is -0.250. The van der Waals surface area contributed by atoms with Crippen LogP contribution in [0.3, 0.4) is 0 Å². The smallest absolute Gasteiger partial charge is 0.170 e. The molecular weight excluding hydrogens is 326 g/mol. The summed E-state index contributed by atoms with van der Waals surface area (Å²) in [5, 5.41) is 0. The van der Waals surface area contributed by atoms with Gasteiger partial charge in [0.25, 0.3) is 0 Å². The molecule has 128 valence electrons. The molecule has 2 aromatic carbocycles. The number of fused-ring (bicyclic) bond motifs is 1. The van der Waals surface area contributed by atoms with Gasteiger partial charge in [-0.05, 0) is 29.8 Å². The fourth-order valence-electron chi connectivity index (χ4n) is 2.64. The number of nitrogens with one attached hydrogen (secondary N) is 1. The minimum Gasteiger partial charge on any atom is -1.00 e. The van der Waals surface area contributed by atoms with Gasteiger partial charge in [-0.2, -0.15) is 0 Å². The maximum Gasteiger partial charge on any atom is 0.170 e. The molecule has 1 atom stereocenters. The zero-order valence-electron chi connectivity index (χ0n) is 13.9. The fourth-order valence-corrected chi connectivity index (χ4v) is 2.64. The summed E-state index contributed by atoms with van der Waals surface area (Å²) in [6.07, 6.45) is 0.114. The van der Waals surface area contributed by atoms with Gasteiger partial charge in [-0.3, -0.25) is 4.79 Å². The van der Waals surface area contributed by atoms with Crippen molar-refractivity contribution in [3.63, 3.8) is 0 Å². The largest absolute Gasteiger partial charge is 1.00 e. The van der Waals surface area contributed by atoms with E-state index in [1.165, 1.54) is 4.90 Å². The van der Waals surface area contributed by atoms with Gasteiger partial charge in [-0.25, -0.2) is 0 Å². The number of ether oxygens (including phenoxy) is 2. The van der Waals surface area contributed by atoms with Gasteiger partial charge in [0.05, 0.1) is 26.1 Å². The van der Waals surface area contributed by atoms with Crippen LogP contribution in [0, 0.1) is 0 Å². The predicted octanol–water partition coefficient (Wildman–Crippen LogP) is -1.08. The first-order chi connectivity index (χ1) is 11.1. The highest BCUT2D eigenvalue weighted by Gasteiger charge is 2.27. The Morgan fingerprint density at radius 1 is 1.17 bits per heavy atom. The first kappa shape index (κ1) is 18.3. The molecule has 0 saturated carbocycles. The Kier molecular flexibility index (Phi) is 6.23. The maximum atomic E-state index is 12.3. The molecule has 5 heteroatoms. The van der Waals surface area contributed by atoms with Crippen LogP contribution in [0.15, 0.2) is 48.5 Å². The molecule has 0 saturated heterocycles. The Bertz CT molecular complexity index is 703. The van der Waals surface area contributed by atoms with Gasteiger partial charge in [-0.1, -0.05) is 24.3 Å². The van der Waals surface area contributed by atoms with Gasteiger partial charge in [0, 0.05) is 0 Å². The number of halogens is 1. The van der Waals surface area contributed by atoms with E-state index in [4.69, 9.17) is 9.47 Å². The number of hydrogen-bond acceptors (Lipinski definition) is 3. The van der Waals surface area contributed by atoms with Gasteiger partial charge in [0.15, 0.2) is 5.78 Å². The van der Waals surface area contributed by atoms with Crippen molar-refractivity contribution in [2.24, 2.45) is 0 Å². The standard InChI is InChI=1S/C19H21NO3.ClH/c1-20(2)10-11-22-15-7-5-6-14(12-15)19-13-17(21)16-8-3-4-9-18(16)23-19;/h3-9,12,19H,10-11,13H2,1-2H3;1H. The molecule has 0 radical (unpaired) electrons. The van der Waals surface area contributed by atoms with Crippen LogP contribution < -0.4 is 26.8 Å². The van der Waals surface area contributed by atoms with Crippen LogP contribution in [0.2, 0.25) is 0 Å². The number of carbonyl (C=O) groups is 1. The van der Waals surface area contributed by atoms with Gasteiger partial charge < -0.3 is 26.8 Å². The summed E-state index contributed by atoms with van der Waals surface area (Å²) in [6.45, 7) is 1.61. The molecule has 4 nitrogen and oxygen atoms in total. The Balaban J connectivity index is 0.00000208. The Morgan fingerprint density at radius 3 is 2.75 bits per heavy atom. The number of carbonyl (C=O) groups excluding carboxylic acids is 1. The molecule has 0 amide bonds. The highest BCUT2D eigenvalue weighted by atomic mass is 35.5. The number of rotatable bonds is 5. The second-order valence-corrected chi connectivity index (χ2v) is 6.11. The Labute approximate surface area is 148 Å². The van der Waals surface area contributed by atoms with Crippen LogP contribution in [0.1, 0.15) is 28.4 Å². The fraction of sp³-hybridized carbons (Fsp3) is 0.316.